The molecule has 0 radical (unpaired) electrons. The Bertz CT molecular complexity index is 1400. The van der Waals surface area contributed by atoms with Crippen LogP contribution in [0.15, 0.2) is 21.4 Å². The highest BCUT2D eigenvalue weighted by molar-refractivity contribution is 7.89. The molecule has 2 aromatic heterocycles. The Morgan fingerprint density at radius 1 is 1.25 bits per heavy atom. The summed E-state index contributed by atoms with van der Waals surface area (Å²) in [4.78, 5) is 16.9. The SMILES string of the molecule is CCNS(=O)(=O)c1ccc(-c2sc(-c3nnc(CC(C)(C)C(=O)O)o3)nc2CC2CCC2)c(Cl)c1Cl. The summed E-state index contributed by atoms with van der Waals surface area (Å²) in [6.07, 6.45) is 4.19. The van der Waals surface area contributed by atoms with Crippen LogP contribution in [0.5, 0.6) is 0 Å². The van der Waals surface area contributed by atoms with E-state index in [4.69, 9.17) is 32.6 Å². The van der Waals surface area contributed by atoms with Crippen LogP contribution in [0.25, 0.3) is 21.3 Å². The molecule has 1 saturated carbocycles. The van der Waals surface area contributed by atoms with Gasteiger partial charge in [-0.05, 0) is 32.3 Å². The number of carbonyl (C=O) groups is 1. The average Bonchev–Trinajstić information content (AvgIpc) is 3.39. The molecule has 1 fully saturated rings. The zero-order valence-electron chi connectivity index (χ0n) is 20.0. The first-order chi connectivity index (χ1) is 16.9. The number of aliphatic carboxylic acids is 1. The molecule has 13 heteroatoms. The fourth-order valence-corrected chi connectivity index (χ4v) is 6.82. The van der Waals surface area contributed by atoms with Crippen molar-refractivity contribution in [3.63, 3.8) is 0 Å². The maximum Gasteiger partial charge on any atom is 0.309 e. The minimum Gasteiger partial charge on any atom is -0.481 e. The monoisotopic (exact) mass is 572 g/mol. The number of rotatable bonds is 10. The predicted molar refractivity (Wildman–Crippen MR) is 138 cm³/mol. The highest BCUT2D eigenvalue weighted by Crippen LogP contribution is 2.44. The summed E-state index contributed by atoms with van der Waals surface area (Å²) in [6.45, 7) is 5.07. The molecule has 1 aliphatic carbocycles. The summed E-state index contributed by atoms with van der Waals surface area (Å²) in [5.41, 5.74) is 0.305. The van der Waals surface area contributed by atoms with E-state index in [-0.39, 0.29) is 39.7 Å². The number of nitrogens with zero attached hydrogens (tertiary/aromatic N) is 3. The normalized spacial score (nSPS) is 14.7. The van der Waals surface area contributed by atoms with Crippen molar-refractivity contribution in [2.75, 3.05) is 6.54 Å². The van der Waals surface area contributed by atoms with Gasteiger partial charge in [-0.25, -0.2) is 18.1 Å². The van der Waals surface area contributed by atoms with Crippen LogP contribution in [0.3, 0.4) is 0 Å². The van der Waals surface area contributed by atoms with Crippen LogP contribution in [-0.2, 0) is 27.7 Å². The van der Waals surface area contributed by atoms with Crippen LogP contribution >= 0.6 is 34.5 Å². The maximum absolute atomic E-state index is 12.5. The summed E-state index contributed by atoms with van der Waals surface area (Å²) in [6, 6.07) is 3.07. The van der Waals surface area contributed by atoms with E-state index in [2.05, 4.69) is 14.9 Å². The summed E-state index contributed by atoms with van der Waals surface area (Å²) in [7, 11) is -3.80. The van der Waals surface area contributed by atoms with Gasteiger partial charge in [0.05, 0.1) is 26.0 Å². The lowest BCUT2D eigenvalue weighted by atomic mass is 9.82. The van der Waals surface area contributed by atoms with Gasteiger partial charge in [-0.1, -0.05) is 55.5 Å². The number of hydrogen-bond donors (Lipinski definition) is 2. The van der Waals surface area contributed by atoms with Gasteiger partial charge < -0.3 is 9.52 Å². The molecule has 4 rings (SSSR count). The molecule has 0 atom stereocenters. The largest absolute Gasteiger partial charge is 0.481 e. The first-order valence-corrected chi connectivity index (χ1v) is 14.5. The Morgan fingerprint density at radius 3 is 2.58 bits per heavy atom. The van der Waals surface area contributed by atoms with E-state index >= 15 is 0 Å². The highest BCUT2D eigenvalue weighted by Gasteiger charge is 2.31. The third-order valence-electron chi connectivity index (χ3n) is 6.14. The molecule has 36 heavy (non-hydrogen) atoms. The van der Waals surface area contributed by atoms with E-state index in [9.17, 15) is 18.3 Å². The van der Waals surface area contributed by atoms with Gasteiger partial charge in [-0.15, -0.1) is 21.5 Å². The smallest absolute Gasteiger partial charge is 0.309 e. The van der Waals surface area contributed by atoms with Crippen molar-refractivity contribution < 1.29 is 22.7 Å². The Hall–Kier alpha value is -2.05. The first-order valence-electron chi connectivity index (χ1n) is 11.5. The zero-order chi connectivity index (χ0) is 26.3. The Labute approximate surface area is 223 Å². The lowest BCUT2D eigenvalue weighted by Gasteiger charge is -2.24. The quantitative estimate of drug-likeness (QED) is 0.326. The second kappa shape index (κ2) is 10.4. The van der Waals surface area contributed by atoms with Gasteiger partial charge in [-0.3, -0.25) is 4.79 Å². The summed E-state index contributed by atoms with van der Waals surface area (Å²) < 4.78 is 33.2. The molecular weight excluding hydrogens is 547 g/mol. The minimum atomic E-state index is -3.80. The fourth-order valence-electron chi connectivity index (χ4n) is 3.81. The van der Waals surface area contributed by atoms with Gasteiger partial charge in [-0.2, -0.15) is 0 Å². The van der Waals surface area contributed by atoms with Crippen molar-refractivity contribution >= 4 is 50.5 Å². The molecule has 0 saturated heterocycles. The van der Waals surface area contributed by atoms with Crippen LogP contribution in [0.1, 0.15) is 51.6 Å². The number of carboxylic acid groups (broad SMARTS) is 1. The van der Waals surface area contributed by atoms with Gasteiger partial charge in [0.2, 0.25) is 15.9 Å². The van der Waals surface area contributed by atoms with E-state index in [0.717, 1.165) is 29.8 Å². The van der Waals surface area contributed by atoms with Crippen molar-refractivity contribution in [3.8, 4) is 21.3 Å². The van der Waals surface area contributed by atoms with Crippen molar-refractivity contribution in [3.05, 3.63) is 33.8 Å². The molecule has 3 aromatic rings. The number of halogens is 2. The summed E-state index contributed by atoms with van der Waals surface area (Å²) >= 11 is 14.3. The van der Waals surface area contributed by atoms with Crippen LogP contribution in [-0.4, -0.2) is 41.2 Å². The first kappa shape index (κ1) is 27.0. The third kappa shape index (κ3) is 5.45. The third-order valence-corrected chi connectivity index (χ3v) is 9.84. The molecule has 194 valence electrons. The van der Waals surface area contributed by atoms with E-state index in [1.165, 1.54) is 23.8 Å². The second-order valence-corrected chi connectivity index (χ2v) is 12.9. The van der Waals surface area contributed by atoms with Crippen LogP contribution in [0.4, 0.5) is 0 Å². The van der Waals surface area contributed by atoms with Crippen LogP contribution in [0.2, 0.25) is 10.0 Å². The van der Waals surface area contributed by atoms with Crippen molar-refractivity contribution in [2.45, 2.75) is 57.8 Å². The van der Waals surface area contributed by atoms with Gasteiger partial charge in [0, 0.05) is 18.5 Å². The van der Waals surface area contributed by atoms with E-state index < -0.39 is 21.4 Å². The molecular formula is C23H26Cl2N4O5S2. The number of carboxylic acids is 1. The molecule has 0 bridgehead atoms. The predicted octanol–water partition coefficient (Wildman–Crippen LogP) is 5.46. The lowest BCUT2D eigenvalue weighted by molar-refractivity contribution is -0.147. The number of thiazole rings is 1. The van der Waals surface area contributed by atoms with E-state index in [1.54, 1.807) is 26.8 Å². The molecule has 2 N–H and O–H groups in total. The fraction of sp³-hybridized carbons (Fsp3) is 0.478. The molecule has 1 aliphatic rings. The highest BCUT2D eigenvalue weighted by atomic mass is 35.5. The average molecular weight is 574 g/mol. The van der Waals surface area contributed by atoms with Crippen LogP contribution < -0.4 is 4.72 Å². The Balaban J connectivity index is 1.74. The minimum absolute atomic E-state index is 0.0596. The molecule has 0 unspecified atom stereocenters. The molecule has 1 aromatic carbocycles. The number of nitrogens with one attached hydrogen (secondary N) is 1. The van der Waals surface area contributed by atoms with Gasteiger partial charge in [0.15, 0.2) is 5.01 Å². The molecule has 0 spiro atoms. The molecule has 0 amide bonds. The maximum atomic E-state index is 12.5. The number of aromatic nitrogens is 3. The topological polar surface area (TPSA) is 135 Å². The van der Waals surface area contributed by atoms with Gasteiger partial charge in [0.1, 0.15) is 4.90 Å². The Morgan fingerprint density at radius 2 is 1.97 bits per heavy atom. The molecule has 9 nitrogen and oxygen atoms in total. The number of hydrogen-bond acceptors (Lipinski definition) is 8. The second-order valence-electron chi connectivity index (χ2n) is 9.40. The Kier molecular flexibility index (Phi) is 7.78. The van der Waals surface area contributed by atoms with Gasteiger partial charge >= 0.3 is 5.97 Å². The summed E-state index contributed by atoms with van der Waals surface area (Å²) in [5.74, 6) is -0.0803. The van der Waals surface area contributed by atoms with Gasteiger partial charge in [0.25, 0.3) is 5.89 Å². The molecule has 2 heterocycles. The standard InChI is InChI=1S/C23H26Cl2N4O5S2/c1-4-26-36(32,33)15-9-8-13(17(24)18(15)25)19-14(10-12-6-5-7-12)27-21(35-19)20-29-28-16(34-20)11-23(2,3)22(30)31/h8-9,12,26H,4-7,10-11H2,1-3H3,(H,30,31). The number of sulfonamides is 1. The van der Waals surface area contributed by atoms with Crippen LogP contribution in [0, 0.1) is 11.3 Å². The van der Waals surface area contributed by atoms with Crippen molar-refractivity contribution in [1.82, 2.24) is 19.9 Å². The van der Waals surface area contributed by atoms with E-state index in [1.807, 2.05) is 0 Å². The summed E-state index contributed by atoms with van der Waals surface area (Å²) in [5, 5.41) is 18.0. The van der Waals surface area contributed by atoms with Crippen molar-refractivity contribution in [2.24, 2.45) is 11.3 Å². The molecule has 0 aliphatic heterocycles. The number of benzene rings is 1. The zero-order valence-corrected chi connectivity index (χ0v) is 23.1. The van der Waals surface area contributed by atoms with E-state index in [0.29, 0.717) is 16.5 Å². The van der Waals surface area contributed by atoms with Crippen molar-refractivity contribution in [1.29, 1.82) is 0 Å². The lowest BCUT2D eigenvalue weighted by Crippen LogP contribution is -2.26.